The van der Waals surface area contributed by atoms with Crippen LogP contribution in [0.4, 0.5) is 0 Å². The van der Waals surface area contributed by atoms with Crippen LogP contribution in [0.2, 0.25) is 5.02 Å². The summed E-state index contributed by atoms with van der Waals surface area (Å²) in [5, 5.41) is 11.1. The van der Waals surface area contributed by atoms with E-state index in [9.17, 15) is 19.5 Å². The maximum absolute atomic E-state index is 12.4. The molecule has 1 saturated carbocycles. The Hall–Kier alpha value is -1.52. The lowest BCUT2D eigenvalue weighted by Gasteiger charge is -2.44. The van der Waals surface area contributed by atoms with E-state index in [0.29, 0.717) is 10.6 Å². The molecule has 0 heterocycles. The number of benzene rings is 1. The second kappa shape index (κ2) is 5.94. The van der Waals surface area contributed by atoms with Gasteiger partial charge in [-0.05, 0) is 38.5 Å². The van der Waals surface area contributed by atoms with Crippen molar-refractivity contribution in [2.45, 2.75) is 38.7 Å². The van der Waals surface area contributed by atoms with Gasteiger partial charge in [-0.15, -0.1) is 0 Å². The zero-order valence-corrected chi connectivity index (χ0v) is 13.6. The number of rotatable bonds is 3. The number of hydrogen-bond donors (Lipinski definition) is 1. The number of halogens is 1. The van der Waals surface area contributed by atoms with Gasteiger partial charge in [-0.25, -0.2) is 0 Å². The van der Waals surface area contributed by atoms with Crippen LogP contribution >= 0.6 is 11.6 Å². The standard InChI is InChI=1S/C17H19ClO4/c1-9(19)14-13(21)8-17(3,22)16(10(2)20)15(14)11-4-6-12(18)7-5-11/h4-7,14-16,22H,8H2,1-3H3/t14-,15+,16+,17+/m1/s1. The van der Waals surface area contributed by atoms with Crippen LogP contribution in [-0.4, -0.2) is 28.1 Å². The highest BCUT2D eigenvalue weighted by molar-refractivity contribution is 6.30. The zero-order chi connectivity index (χ0) is 16.7. The zero-order valence-electron chi connectivity index (χ0n) is 12.8. The first-order chi connectivity index (χ1) is 10.1. The fourth-order valence-corrected chi connectivity index (χ4v) is 3.72. The number of Topliss-reactive ketones (excluding diaryl/α,β-unsaturated/α-hetero) is 3. The molecule has 2 rings (SSSR count). The highest BCUT2D eigenvalue weighted by Gasteiger charge is 2.53. The summed E-state index contributed by atoms with van der Waals surface area (Å²) in [5.41, 5.74) is -0.794. The smallest absolute Gasteiger partial charge is 0.146 e. The molecule has 1 aliphatic rings. The van der Waals surface area contributed by atoms with Crippen LogP contribution in [0.1, 0.15) is 38.7 Å². The Labute approximate surface area is 134 Å². The van der Waals surface area contributed by atoms with Gasteiger partial charge in [0.05, 0.1) is 17.4 Å². The Morgan fingerprint density at radius 3 is 2.18 bits per heavy atom. The van der Waals surface area contributed by atoms with Crippen molar-refractivity contribution in [2.75, 3.05) is 0 Å². The molecule has 0 radical (unpaired) electrons. The van der Waals surface area contributed by atoms with E-state index in [1.807, 2.05) is 0 Å². The molecule has 0 amide bonds. The van der Waals surface area contributed by atoms with Gasteiger partial charge in [-0.3, -0.25) is 14.4 Å². The Morgan fingerprint density at radius 1 is 1.18 bits per heavy atom. The molecule has 1 aromatic rings. The molecule has 0 aromatic heterocycles. The lowest BCUT2D eigenvalue weighted by Crippen LogP contribution is -2.53. The largest absolute Gasteiger partial charge is 0.389 e. The molecule has 22 heavy (non-hydrogen) atoms. The Bertz CT molecular complexity index is 618. The number of carbonyl (C=O) groups is 3. The maximum Gasteiger partial charge on any atom is 0.146 e. The molecule has 4 atom stereocenters. The minimum Gasteiger partial charge on any atom is -0.389 e. The van der Waals surface area contributed by atoms with Crippen molar-refractivity contribution < 1.29 is 19.5 Å². The van der Waals surface area contributed by atoms with E-state index in [-0.39, 0.29) is 23.8 Å². The van der Waals surface area contributed by atoms with Gasteiger partial charge in [0, 0.05) is 17.4 Å². The summed E-state index contributed by atoms with van der Waals surface area (Å²) in [4.78, 5) is 36.5. The predicted octanol–water partition coefficient (Wildman–Crippen LogP) is 2.56. The summed E-state index contributed by atoms with van der Waals surface area (Å²) >= 11 is 5.88. The highest BCUT2D eigenvalue weighted by Crippen LogP contribution is 2.46. The van der Waals surface area contributed by atoms with Gasteiger partial charge in [0.1, 0.15) is 17.3 Å². The van der Waals surface area contributed by atoms with Crippen LogP contribution in [0.25, 0.3) is 0 Å². The van der Waals surface area contributed by atoms with Gasteiger partial charge in [-0.2, -0.15) is 0 Å². The molecule has 1 N–H and O–H groups in total. The number of carbonyl (C=O) groups excluding carboxylic acids is 3. The molecule has 0 spiro atoms. The lowest BCUT2D eigenvalue weighted by atomic mass is 9.60. The number of ketones is 3. The lowest BCUT2D eigenvalue weighted by molar-refractivity contribution is -0.151. The Morgan fingerprint density at radius 2 is 1.73 bits per heavy atom. The third kappa shape index (κ3) is 2.99. The van der Waals surface area contributed by atoms with Crippen LogP contribution in [0.15, 0.2) is 24.3 Å². The van der Waals surface area contributed by atoms with Crippen LogP contribution in [0.3, 0.4) is 0 Å². The molecule has 5 heteroatoms. The molecule has 0 aliphatic heterocycles. The van der Waals surface area contributed by atoms with Crippen molar-refractivity contribution in [3.63, 3.8) is 0 Å². The van der Waals surface area contributed by atoms with Gasteiger partial charge in [-0.1, -0.05) is 23.7 Å². The van der Waals surface area contributed by atoms with E-state index < -0.39 is 23.4 Å². The number of hydrogen-bond acceptors (Lipinski definition) is 4. The van der Waals surface area contributed by atoms with E-state index in [1.165, 1.54) is 20.8 Å². The fraction of sp³-hybridized carbons (Fsp3) is 0.471. The summed E-state index contributed by atoms with van der Waals surface area (Å²) in [6.07, 6.45) is -0.189. The molecule has 4 nitrogen and oxygen atoms in total. The van der Waals surface area contributed by atoms with Crippen LogP contribution in [-0.2, 0) is 14.4 Å². The van der Waals surface area contributed by atoms with Crippen molar-refractivity contribution in [3.05, 3.63) is 34.9 Å². The molecule has 0 unspecified atom stereocenters. The average molecular weight is 323 g/mol. The third-order valence-corrected chi connectivity index (χ3v) is 4.65. The second-order valence-electron chi connectivity index (χ2n) is 6.25. The van der Waals surface area contributed by atoms with E-state index >= 15 is 0 Å². The SMILES string of the molecule is CC(=O)[C@@H]1C(=O)C[C@](C)(O)[C@@H](C(C)=O)[C@H]1c1ccc(Cl)cc1. The van der Waals surface area contributed by atoms with E-state index in [4.69, 9.17) is 11.6 Å². The average Bonchev–Trinajstić information content (AvgIpc) is 2.36. The van der Waals surface area contributed by atoms with Crippen LogP contribution in [0.5, 0.6) is 0 Å². The predicted molar refractivity (Wildman–Crippen MR) is 82.8 cm³/mol. The van der Waals surface area contributed by atoms with Crippen molar-refractivity contribution in [3.8, 4) is 0 Å². The Kier molecular flexibility index (Phi) is 4.54. The highest BCUT2D eigenvalue weighted by atomic mass is 35.5. The summed E-state index contributed by atoms with van der Waals surface area (Å²) in [7, 11) is 0. The van der Waals surface area contributed by atoms with Gasteiger partial charge in [0.2, 0.25) is 0 Å². The maximum atomic E-state index is 12.4. The molecule has 0 saturated heterocycles. The van der Waals surface area contributed by atoms with Gasteiger partial charge >= 0.3 is 0 Å². The summed E-state index contributed by atoms with van der Waals surface area (Å²) in [5.74, 6) is -3.22. The van der Waals surface area contributed by atoms with Crippen molar-refractivity contribution in [1.82, 2.24) is 0 Å². The number of aliphatic hydroxyl groups is 1. The van der Waals surface area contributed by atoms with E-state index in [1.54, 1.807) is 24.3 Å². The molecular formula is C17H19ClO4. The van der Waals surface area contributed by atoms with Crippen molar-refractivity contribution >= 4 is 29.0 Å². The van der Waals surface area contributed by atoms with E-state index in [0.717, 1.165) is 0 Å². The first-order valence-electron chi connectivity index (χ1n) is 7.16. The monoisotopic (exact) mass is 322 g/mol. The first-order valence-corrected chi connectivity index (χ1v) is 7.54. The van der Waals surface area contributed by atoms with Crippen molar-refractivity contribution in [2.24, 2.45) is 11.8 Å². The molecular weight excluding hydrogens is 304 g/mol. The third-order valence-electron chi connectivity index (χ3n) is 4.40. The Balaban J connectivity index is 2.61. The molecule has 1 aromatic carbocycles. The summed E-state index contributed by atoms with van der Waals surface area (Å²) < 4.78 is 0. The van der Waals surface area contributed by atoms with Crippen LogP contribution in [0, 0.1) is 11.8 Å². The first kappa shape index (κ1) is 16.8. The summed E-state index contributed by atoms with van der Waals surface area (Å²) in [6, 6.07) is 6.71. The molecule has 0 bridgehead atoms. The van der Waals surface area contributed by atoms with Gasteiger partial charge in [0.15, 0.2) is 0 Å². The second-order valence-corrected chi connectivity index (χ2v) is 6.69. The fourth-order valence-electron chi connectivity index (χ4n) is 3.59. The normalized spacial score (nSPS) is 31.9. The molecule has 1 fully saturated rings. The minimum atomic E-state index is -1.46. The molecule has 118 valence electrons. The van der Waals surface area contributed by atoms with Crippen LogP contribution < -0.4 is 0 Å². The quantitative estimate of drug-likeness (QED) is 0.868. The van der Waals surface area contributed by atoms with Crippen molar-refractivity contribution in [1.29, 1.82) is 0 Å². The molecule has 1 aliphatic carbocycles. The minimum absolute atomic E-state index is 0.189. The topological polar surface area (TPSA) is 71.4 Å². The van der Waals surface area contributed by atoms with E-state index in [2.05, 4.69) is 0 Å². The summed E-state index contributed by atoms with van der Waals surface area (Å²) in [6.45, 7) is 4.22. The van der Waals surface area contributed by atoms with Gasteiger partial charge < -0.3 is 5.11 Å². The van der Waals surface area contributed by atoms with Gasteiger partial charge in [0.25, 0.3) is 0 Å².